The first kappa shape index (κ1) is 10.1. The number of anilines is 1. The van der Waals surface area contributed by atoms with Gasteiger partial charge in [0.05, 0.1) is 15.7 Å². The van der Waals surface area contributed by atoms with Crippen molar-refractivity contribution in [1.29, 1.82) is 0 Å². The molecule has 1 atom stereocenters. The van der Waals surface area contributed by atoms with E-state index in [4.69, 9.17) is 23.2 Å². The molecule has 0 heterocycles. The average molecular weight is 230 g/mol. The van der Waals surface area contributed by atoms with Gasteiger partial charge in [0.25, 0.3) is 0 Å². The van der Waals surface area contributed by atoms with Crippen molar-refractivity contribution in [2.24, 2.45) is 5.92 Å². The predicted octanol–water partition coefficient (Wildman–Crippen LogP) is 4.20. The second-order valence-electron chi connectivity index (χ2n) is 3.87. The fourth-order valence-corrected chi connectivity index (χ4v) is 2.08. The summed E-state index contributed by atoms with van der Waals surface area (Å²) in [4.78, 5) is 0. The molecule has 0 bridgehead atoms. The fraction of sp³-hybridized carbons (Fsp3) is 0.455. The summed E-state index contributed by atoms with van der Waals surface area (Å²) in [6.07, 6.45) is 2.63. The zero-order valence-electron chi connectivity index (χ0n) is 8.06. The molecular weight excluding hydrogens is 217 g/mol. The van der Waals surface area contributed by atoms with Crippen molar-refractivity contribution in [3.63, 3.8) is 0 Å². The van der Waals surface area contributed by atoms with Gasteiger partial charge in [0.15, 0.2) is 0 Å². The molecule has 1 saturated carbocycles. The van der Waals surface area contributed by atoms with Crippen molar-refractivity contribution in [3.05, 3.63) is 28.2 Å². The maximum atomic E-state index is 6.05. The van der Waals surface area contributed by atoms with Gasteiger partial charge in [-0.05, 0) is 37.8 Å². The van der Waals surface area contributed by atoms with Crippen LogP contribution in [-0.2, 0) is 0 Å². The highest BCUT2D eigenvalue weighted by atomic mass is 35.5. The number of halogens is 2. The third kappa shape index (κ3) is 2.15. The van der Waals surface area contributed by atoms with Gasteiger partial charge < -0.3 is 5.32 Å². The molecule has 1 nitrogen and oxygen atoms in total. The zero-order valence-corrected chi connectivity index (χ0v) is 9.57. The third-order valence-corrected chi connectivity index (χ3v) is 3.29. The molecule has 1 aliphatic carbocycles. The van der Waals surface area contributed by atoms with Gasteiger partial charge in [-0.3, -0.25) is 0 Å². The third-order valence-electron chi connectivity index (χ3n) is 2.66. The molecule has 0 spiro atoms. The van der Waals surface area contributed by atoms with E-state index in [9.17, 15) is 0 Å². The number of hydrogen-bond donors (Lipinski definition) is 1. The lowest BCUT2D eigenvalue weighted by Gasteiger charge is -2.16. The fourth-order valence-electron chi connectivity index (χ4n) is 1.58. The summed E-state index contributed by atoms with van der Waals surface area (Å²) in [7, 11) is 0. The number of hydrogen-bond acceptors (Lipinski definition) is 1. The van der Waals surface area contributed by atoms with Gasteiger partial charge in [-0.2, -0.15) is 0 Å². The predicted molar refractivity (Wildman–Crippen MR) is 62.3 cm³/mol. The summed E-state index contributed by atoms with van der Waals surface area (Å²) in [5.41, 5.74) is 0.871. The van der Waals surface area contributed by atoms with E-state index < -0.39 is 0 Å². The molecule has 0 radical (unpaired) electrons. The summed E-state index contributed by atoms with van der Waals surface area (Å²) >= 11 is 12.1. The highest BCUT2D eigenvalue weighted by molar-refractivity contribution is 6.39. The Morgan fingerprint density at radius 1 is 1.29 bits per heavy atom. The van der Waals surface area contributed by atoms with Crippen LogP contribution in [0.2, 0.25) is 10.0 Å². The minimum absolute atomic E-state index is 0.465. The summed E-state index contributed by atoms with van der Waals surface area (Å²) in [6, 6.07) is 6.04. The quantitative estimate of drug-likeness (QED) is 0.820. The first-order chi connectivity index (χ1) is 6.68. The molecule has 1 unspecified atom stereocenters. The number of benzene rings is 1. The molecule has 1 aromatic carbocycles. The van der Waals surface area contributed by atoms with Crippen molar-refractivity contribution < 1.29 is 0 Å². The lowest BCUT2D eigenvalue weighted by atomic mass is 10.2. The summed E-state index contributed by atoms with van der Waals surface area (Å²) in [6.45, 7) is 2.18. The molecule has 76 valence electrons. The lowest BCUT2D eigenvalue weighted by molar-refractivity contribution is 0.694. The molecular formula is C11H13Cl2N. The van der Waals surface area contributed by atoms with E-state index in [0.717, 1.165) is 11.6 Å². The van der Waals surface area contributed by atoms with Gasteiger partial charge in [0, 0.05) is 6.04 Å². The van der Waals surface area contributed by atoms with Crippen LogP contribution < -0.4 is 5.32 Å². The van der Waals surface area contributed by atoms with Crippen molar-refractivity contribution in [1.82, 2.24) is 0 Å². The van der Waals surface area contributed by atoms with Crippen LogP contribution in [0.25, 0.3) is 0 Å². The van der Waals surface area contributed by atoms with Gasteiger partial charge in [0.2, 0.25) is 0 Å². The molecule has 1 fully saturated rings. The van der Waals surface area contributed by atoms with Crippen molar-refractivity contribution in [3.8, 4) is 0 Å². The largest absolute Gasteiger partial charge is 0.380 e. The maximum Gasteiger partial charge on any atom is 0.0721 e. The molecule has 2 rings (SSSR count). The molecule has 3 heteroatoms. The normalized spacial score (nSPS) is 17.9. The Morgan fingerprint density at radius 3 is 2.36 bits per heavy atom. The van der Waals surface area contributed by atoms with E-state index in [-0.39, 0.29) is 0 Å². The van der Waals surface area contributed by atoms with Crippen molar-refractivity contribution >= 4 is 28.9 Å². The molecule has 0 aromatic heterocycles. The van der Waals surface area contributed by atoms with Gasteiger partial charge in [-0.15, -0.1) is 0 Å². The molecule has 1 N–H and O–H groups in total. The first-order valence-corrected chi connectivity index (χ1v) is 5.64. The Balaban J connectivity index is 2.14. The molecule has 0 amide bonds. The average Bonchev–Trinajstić information content (AvgIpc) is 2.94. The highest BCUT2D eigenvalue weighted by Crippen LogP contribution is 2.37. The summed E-state index contributed by atoms with van der Waals surface area (Å²) in [5.74, 6) is 0.794. The van der Waals surface area contributed by atoms with Crippen LogP contribution in [0.5, 0.6) is 0 Å². The highest BCUT2D eigenvalue weighted by Gasteiger charge is 2.28. The van der Waals surface area contributed by atoms with E-state index in [2.05, 4.69) is 12.2 Å². The molecule has 0 aliphatic heterocycles. The first-order valence-electron chi connectivity index (χ1n) is 4.89. The Bertz CT molecular complexity index is 314. The second kappa shape index (κ2) is 4.00. The molecule has 1 aliphatic rings. The van der Waals surface area contributed by atoms with E-state index in [1.54, 1.807) is 0 Å². The Labute approximate surface area is 94.4 Å². The zero-order chi connectivity index (χ0) is 10.1. The van der Waals surface area contributed by atoms with E-state index >= 15 is 0 Å². The standard InChI is InChI=1S/C11H13Cl2N/c1-7(8-5-6-8)14-11-9(12)3-2-4-10(11)13/h2-4,7-8,14H,5-6H2,1H3. The maximum absolute atomic E-state index is 6.05. The van der Waals surface area contributed by atoms with Crippen LogP contribution in [0, 0.1) is 5.92 Å². The SMILES string of the molecule is CC(Nc1c(Cl)cccc1Cl)C1CC1. The molecule has 14 heavy (non-hydrogen) atoms. The Morgan fingerprint density at radius 2 is 1.86 bits per heavy atom. The molecule has 1 aromatic rings. The summed E-state index contributed by atoms with van der Waals surface area (Å²) in [5, 5.41) is 4.77. The number of rotatable bonds is 3. The minimum atomic E-state index is 0.465. The van der Waals surface area contributed by atoms with Crippen molar-refractivity contribution in [2.75, 3.05) is 5.32 Å². The van der Waals surface area contributed by atoms with Gasteiger partial charge in [-0.1, -0.05) is 29.3 Å². The van der Waals surface area contributed by atoms with Crippen molar-refractivity contribution in [2.45, 2.75) is 25.8 Å². The topological polar surface area (TPSA) is 12.0 Å². The molecule has 0 saturated heterocycles. The lowest BCUT2D eigenvalue weighted by Crippen LogP contribution is -2.17. The van der Waals surface area contributed by atoms with Crippen LogP contribution in [0.4, 0.5) is 5.69 Å². The van der Waals surface area contributed by atoms with E-state index in [1.807, 2.05) is 18.2 Å². The monoisotopic (exact) mass is 229 g/mol. The van der Waals surface area contributed by atoms with Crippen LogP contribution in [0.15, 0.2) is 18.2 Å². The number of nitrogens with one attached hydrogen (secondary N) is 1. The van der Waals surface area contributed by atoms with Gasteiger partial charge in [-0.25, -0.2) is 0 Å². The van der Waals surface area contributed by atoms with E-state index in [0.29, 0.717) is 16.1 Å². The second-order valence-corrected chi connectivity index (χ2v) is 4.68. The van der Waals surface area contributed by atoms with Crippen LogP contribution in [-0.4, -0.2) is 6.04 Å². The smallest absolute Gasteiger partial charge is 0.0721 e. The van der Waals surface area contributed by atoms with E-state index in [1.165, 1.54) is 12.8 Å². The van der Waals surface area contributed by atoms with Gasteiger partial charge >= 0.3 is 0 Å². The number of para-hydroxylation sites is 1. The van der Waals surface area contributed by atoms with Crippen LogP contribution in [0.1, 0.15) is 19.8 Å². The van der Waals surface area contributed by atoms with Crippen LogP contribution in [0.3, 0.4) is 0 Å². The van der Waals surface area contributed by atoms with Gasteiger partial charge in [0.1, 0.15) is 0 Å². The Hall–Kier alpha value is -0.400. The minimum Gasteiger partial charge on any atom is -0.380 e. The van der Waals surface area contributed by atoms with Crippen LogP contribution >= 0.6 is 23.2 Å². The summed E-state index contributed by atoms with van der Waals surface area (Å²) < 4.78 is 0. The Kier molecular flexibility index (Phi) is 2.89.